The summed E-state index contributed by atoms with van der Waals surface area (Å²) in [6.45, 7) is 1.92. The molecule has 0 fully saturated rings. The van der Waals surface area contributed by atoms with Gasteiger partial charge in [0.1, 0.15) is 5.69 Å². The van der Waals surface area contributed by atoms with Gasteiger partial charge in [0.2, 0.25) is 5.88 Å². The molecular formula is C11H13ClFN5O. The number of rotatable bonds is 4. The van der Waals surface area contributed by atoms with Crippen LogP contribution in [0.5, 0.6) is 5.88 Å². The first-order valence-electron chi connectivity index (χ1n) is 5.64. The van der Waals surface area contributed by atoms with Crippen molar-refractivity contribution in [1.82, 2.24) is 20.0 Å². The highest BCUT2D eigenvalue weighted by atomic mass is 35.5. The lowest BCUT2D eigenvalue weighted by Gasteiger charge is -2.17. The molecule has 0 aliphatic carbocycles. The minimum absolute atomic E-state index is 0.00877. The summed E-state index contributed by atoms with van der Waals surface area (Å²) in [6.07, 6.45) is 2.07. The SMILES string of the molecule is CCC(c1cc(Cl)nnc1OC)n1cc(N)c(F)n1. The number of methoxy groups -OCH3 is 1. The number of aromatic nitrogens is 4. The minimum atomic E-state index is -0.703. The number of ether oxygens (including phenoxy) is 1. The fraction of sp³-hybridized carbons (Fsp3) is 0.364. The van der Waals surface area contributed by atoms with Crippen molar-refractivity contribution in [2.75, 3.05) is 12.8 Å². The fourth-order valence-electron chi connectivity index (χ4n) is 1.86. The number of anilines is 1. The molecule has 1 unspecified atom stereocenters. The molecule has 102 valence electrons. The summed E-state index contributed by atoms with van der Waals surface area (Å²) in [7, 11) is 1.48. The molecule has 0 amide bonds. The molecule has 1 atom stereocenters. The largest absolute Gasteiger partial charge is 0.480 e. The molecule has 0 radical (unpaired) electrons. The van der Waals surface area contributed by atoms with Crippen LogP contribution in [0.3, 0.4) is 0 Å². The number of nitrogen functional groups attached to an aromatic ring is 1. The molecular weight excluding hydrogens is 273 g/mol. The van der Waals surface area contributed by atoms with Crippen LogP contribution in [-0.4, -0.2) is 27.1 Å². The van der Waals surface area contributed by atoms with Gasteiger partial charge in [0.05, 0.1) is 19.3 Å². The summed E-state index contributed by atoms with van der Waals surface area (Å²) < 4.78 is 19.8. The Morgan fingerprint density at radius 3 is 2.79 bits per heavy atom. The van der Waals surface area contributed by atoms with Crippen molar-refractivity contribution in [1.29, 1.82) is 0 Å². The van der Waals surface area contributed by atoms with Gasteiger partial charge in [-0.15, -0.1) is 15.3 Å². The molecule has 19 heavy (non-hydrogen) atoms. The van der Waals surface area contributed by atoms with Gasteiger partial charge in [-0.25, -0.2) is 0 Å². The summed E-state index contributed by atoms with van der Waals surface area (Å²) in [5.41, 5.74) is 6.13. The molecule has 2 aromatic rings. The van der Waals surface area contributed by atoms with Crippen LogP contribution in [-0.2, 0) is 0 Å². The zero-order valence-electron chi connectivity index (χ0n) is 10.5. The summed E-state index contributed by atoms with van der Waals surface area (Å²) in [6, 6.07) is 1.34. The van der Waals surface area contributed by atoms with Crippen molar-refractivity contribution in [3.63, 3.8) is 0 Å². The molecule has 2 rings (SSSR count). The molecule has 0 aromatic carbocycles. The van der Waals surface area contributed by atoms with E-state index in [1.165, 1.54) is 18.0 Å². The molecule has 0 saturated carbocycles. The summed E-state index contributed by atoms with van der Waals surface area (Å²) in [4.78, 5) is 0. The van der Waals surface area contributed by atoms with E-state index in [1.807, 2.05) is 6.92 Å². The summed E-state index contributed by atoms with van der Waals surface area (Å²) in [5.74, 6) is -0.378. The average molecular weight is 286 g/mol. The van der Waals surface area contributed by atoms with Crippen molar-refractivity contribution in [2.24, 2.45) is 0 Å². The van der Waals surface area contributed by atoms with E-state index in [0.29, 0.717) is 17.9 Å². The normalized spacial score (nSPS) is 12.4. The first-order chi connectivity index (χ1) is 9.06. The average Bonchev–Trinajstić information content (AvgIpc) is 2.70. The zero-order chi connectivity index (χ0) is 14.0. The van der Waals surface area contributed by atoms with Crippen molar-refractivity contribution < 1.29 is 9.13 Å². The monoisotopic (exact) mass is 285 g/mol. The third-order valence-electron chi connectivity index (χ3n) is 2.73. The van der Waals surface area contributed by atoms with Crippen LogP contribution in [0.1, 0.15) is 24.9 Å². The molecule has 0 bridgehead atoms. The van der Waals surface area contributed by atoms with Crippen LogP contribution in [0.15, 0.2) is 12.3 Å². The lowest BCUT2D eigenvalue weighted by molar-refractivity contribution is 0.371. The molecule has 2 heterocycles. The Balaban J connectivity index is 2.50. The van der Waals surface area contributed by atoms with E-state index in [0.717, 1.165) is 0 Å². The van der Waals surface area contributed by atoms with Gasteiger partial charge in [0.25, 0.3) is 5.95 Å². The van der Waals surface area contributed by atoms with Crippen molar-refractivity contribution in [3.8, 4) is 5.88 Å². The number of hydrogen-bond donors (Lipinski definition) is 1. The van der Waals surface area contributed by atoms with Crippen molar-refractivity contribution in [3.05, 3.63) is 28.9 Å². The Morgan fingerprint density at radius 1 is 1.53 bits per heavy atom. The van der Waals surface area contributed by atoms with E-state index >= 15 is 0 Å². The third-order valence-corrected chi connectivity index (χ3v) is 2.91. The van der Waals surface area contributed by atoms with Gasteiger partial charge in [0.15, 0.2) is 5.15 Å². The number of nitrogens with zero attached hydrogens (tertiary/aromatic N) is 4. The number of hydrogen-bond acceptors (Lipinski definition) is 5. The predicted octanol–water partition coefficient (Wildman–Crippen LogP) is 2.06. The van der Waals surface area contributed by atoms with Gasteiger partial charge in [-0.2, -0.15) is 4.39 Å². The van der Waals surface area contributed by atoms with E-state index in [9.17, 15) is 4.39 Å². The molecule has 0 spiro atoms. The first kappa shape index (κ1) is 13.5. The summed E-state index contributed by atoms with van der Waals surface area (Å²) in [5, 5.41) is 11.5. The first-order valence-corrected chi connectivity index (χ1v) is 6.01. The Kier molecular flexibility index (Phi) is 3.84. The van der Waals surface area contributed by atoms with E-state index in [-0.39, 0.29) is 16.9 Å². The predicted molar refractivity (Wildman–Crippen MR) is 68.6 cm³/mol. The molecule has 0 saturated heterocycles. The molecule has 0 aliphatic rings. The lowest BCUT2D eigenvalue weighted by atomic mass is 10.1. The lowest BCUT2D eigenvalue weighted by Crippen LogP contribution is -2.13. The maximum Gasteiger partial charge on any atom is 0.255 e. The van der Waals surface area contributed by atoms with Gasteiger partial charge in [-0.1, -0.05) is 18.5 Å². The number of nitrogens with two attached hydrogens (primary N) is 1. The topological polar surface area (TPSA) is 78.9 Å². The van der Waals surface area contributed by atoms with Crippen LogP contribution in [0, 0.1) is 5.95 Å². The van der Waals surface area contributed by atoms with Crippen LogP contribution in [0.4, 0.5) is 10.1 Å². The quantitative estimate of drug-likeness (QED) is 0.930. The molecule has 6 nitrogen and oxygen atoms in total. The van der Waals surface area contributed by atoms with E-state index in [1.54, 1.807) is 6.07 Å². The van der Waals surface area contributed by atoms with Crippen molar-refractivity contribution in [2.45, 2.75) is 19.4 Å². The van der Waals surface area contributed by atoms with E-state index < -0.39 is 5.95 Å². The highest BCUT2D eigenvalue weighted by molar-refractivity contribution is 6.29. The summed E-state index contributed by atoms with van der Waals surface area (Å²) >= 11 is 5.84. The van der Waals surface area contributed by atoms with Crippen LogP contribution in [0.25, 0.3) is 0 Å². The highest BCUT2D eigenvalue weighted by Gasteiger charge is 2.21. The molecule has 2 aromatic heterocycles. The Bertz CT molecular complexity index is 569. The standard InChI is InChI=1S/C11H13ClFN5O/c1-3-8(18-5-7(14)10(13)17-18)6-4-9(12)15-16-11(6)19-2/h4-5,8H,3,14H2,1-2H3. The highest BCUT2D eigenvalue weighted by Crippen LogP contribution is 2.30. The third kappa shape index (κ3) is 2.60. The van der Waals surface area contributed by atoms with Gasteiger partial charge < -0.3 is 10.5 Å². The maximum absolute atomic E-state index is 13.3. The van der Waals surface area contributed by atoms with Gasteiger partial charge in [-0.3, -0.25) is 4.68 Å². The fourth-order valence-corrected chi connectivity index (χ4v) is 2.02. The molecule has 2 N–H and O–H groups in total. The zero-order valence-corrected chi connectivity index (χ0v) is 11.2. The van der Waals surface area contributed by atoms with E-state index in [4.69, 9.17) is 22.1 Å². The second-order valence-electron chi connectivity index (χ2n) is 3.91. The van der Waals surface area contributed by atoms with Crippen molar-refractivity contribution >= 4 is 17.3 Å². The van der Waals surface area contributed by atoms with Gasteiger partial charge >= 0.3 is 0 Å². The Hall–Kier alpha value is -1.89. The van der Waals surface area contributed by atoms with Gasteiger partial charge in [0, 0.05) is 5.56 Å². The second kappa shape index (κ2) is 5.40. The Morgan fingerprint density at radius 2 is 2.26 bits per heavy atom. The van der Waals surface area contributed by atoms with Crippen LogP contribution < -0.4 is 10.5 Å². The minimum Gasteiger partial charge on any atom is -0.480 e. The number of halogens is 2. The van der Waals surface area contributed by atoms with Gasteiger partial charge in [-0.05, 0) is 12.5 Å². The smallest absolute Gasteiger partial charge is 0.255 e. The van der Waals surface area contributed by atoms with E-state index in [2.05, 4.69) is 15.3 Å². The van der Waals surface area contributed by atoms with Crippen LogP contribution >= 0.6 is 11.6 Å². The Labute approximate surface area is 114 Å². The molecule has 8 heteroatoms. The molecule has 0 aliphatic heterocycles. The maximum atomic E-state index is 13.3. The van der Waals surface area contributed by atoms with Crippen LogP contribution in [0.2, 0.25) is 5.15 Å². The second-order valence-corrected chi connectivity index (χ2v) is 4.30.